The Hall–Kier alpha value is -3.48. The van der Waals surface area contributed by atoms with Crippen LogP contribution < -0.4 is 18.9 Å². The molecule has 2 aromatic rings. The molecule has 0 aliphatic carbocycles. The van der Waals surface area contributed by atoms with Crippen molar-refractivity contribution in [1.29, 1.82) is 0 Å². The van der Waals surface area contributed by atoms with Crippen molar-refractivity contribution < 1.29 is 33.3 Å². The molecule has 28 heavy (non-hydrogen) atoms. The van der Waals surface area contributed by atoms with E-state index in [2.05, 4.69) is 0 Å². The molecule has 2 aromatic carbocycles. The van der Waals surface area contributed by atoms with E-state index in [1.165, 1.54) is 33.5 Å². The van der Waals surface area contributed by atoms with E-state index in [0.717, 1.165) is 0 Å². The zero-order valence-corrected chi connectivity index (χ0v) is 16.2. The molecule has 148 valence electrons. The van der Waals surface area contributed by atoms with E-state index in [4.69, 9.17) is 23.7 Å². The Kier molecular flexibility index (Phi) is 7.45. The average Bonchev–Trinajstić information content (AvgIpc) is 2.74. The first-order valence-corrected chi connectivity index (χ1v) is 8.34. The maximum absolute atomic E-state index is 12.1. The van der Waals surface area contributed by atoms with Crippen LogP contribution in [0.3, 0.4) is 0 Å². The lowest BCUT2D eigenvalue weighted by Crippen LogP contribution is -2.12. The standard InChI is InChI=1S/C21H22O7/c1-24-16-8-6-15(7-9-16)17(22)13-28-20(23)10-5-14-11-18(25-2)21(27-4)19(12-14)26-3/h5-12H,13H2,1-4H3/b10-5+. The smallest absolute Gasteiger partial charge is 0.331 e. The van der Waals surface area contributed by atoms with E-state index in [1.54, 1.807) is 43.5 Å². The van der Waals surface area contributed by atoms with Crippen molar-refractivity contribution in [1.82, 2.24) is 0 Å². The van der Waals surface area contributed by atoms with E-state index < -0.39 is 5.97 Å². The summed E-state index contributed by atoms with van der Waals surface area (Å²) < 4.78 is 25.8. The molecule has 0 unspecified atom stereocenters. The molecule has 7 nitrogen and oxygen atoms in total. The van der Waals surface area contributed by atoms with Crippen molar-refractivity contribution in [3.63, 3.8) is 0 Å². The number of rotatable bonds is 9. The molecule has 0 bridgehead atoms. The molecular weight excluding hydrogens is 364 g/mol. The molecule has 0 spiro atoms. The van der Waals surface area contributed by atoms with Gasteiger partial charge >= 0.3 is 5.97 Å². The summed E-state index contributed by atoms with van der Waals surface area (Å²) >= 11 is 0. The second-order valence-corrected chi connectivity index (χ2v) is 5.55. The van der Waals surface area contributed by atoms with E-state index in [0.29, 0.717) is 34.1 Å². The molecule has 0 atom stereocenters. The molecule has 0 saturated heterocycles. The Morgan fingerprint density at radius 2 is 1.46 bits per heavy atom. The topological polar surface area (TPSA) is 80.3 Å². The van der Waals surface area contributed by atoms with Gasteiger partial charge in [0.05, 0.1) is 28.4 Å². The van der Waals surface area contributed by atoms with Gasteiger partial charge in [-0.3, -0.25) is 4.79 Å². The van der Waals surface area contributed by atoms with Crippen molar-refractivity contribution in [2.24, 2.45) is 0 Å². The SMILES string of the molecule is COc1ccc(C(=O)COC(=O)/C=C/c2cc(OC)c(OC)c(OC)c2)cc1. The molecule has 0 aliphatic heterocycles. The van der Waals surface area contributed by atoms with Gasteiger partial charge in [-0.2, -0.15) is 0 Å². The summed E-state index contributed by atoms with van der Waals surface area (Å²) in [5.74, 6) is 1.07. The zero-order valence-electron chi connectivity index (χ0n) is 16.2. The van der Waals surface area contributed by atoms with Crippen LogP contribution in [-0.2, 0) is 9.53 Å². The molecule has 2 rings (SSSR count). The van der Waals surface area contributed by atoms with Crippen molar-refractivity contribution in [3.05, 3.63) is 53.6 Å². The lowest BCUT2D eigenvalue weighted by Gasteiger charge is -2.12. The first kappa shape index (κ1) is 20.8. The highest BCUT2D eigenvalue weighted by atomic mass is 16.5. The highest BCUT2D eigenvalue weighted by Crippen LogP contribution is 2.38. The fourth-order valence-corrected chi connectivity index (χ4v) is 2.41. The number of esters is 1. The molecule has 0 aromatic heterocycles. The van der Waals surface area contributed by atoms with Gasteiger partial charge in [0.15, 0.2) is 23.9 Å². The van der Waals surface area contributed by atoms with Gasteiger partial charge in [-0.1, -0.05) is 0 Å². The summed E-state index contributed by atoms with van der Waals surface area (Å²) in [7, 11) is 6.06. The summed E-state index contributed by atoms with van der Waals surface area (Å²) in [5.41, 5.74) is 1.08. The average molecular weight is 386 g/mol. The molecule has 0 fully saturated rings. The van der Waals surface area contributed by atoms with Gasteiger partial charge in [-0.05, 0) is 48.0 Å². The molecule has 0 amide bonds. The van der Waals surface area contributed by atoms with Gasteiger partial charge in [0, 0.05) is 11.6 Å². The molecule has 0 radical (unpaired) electrons. The van der Waals surface area contributed by atoms with Crippen LogP contribution in [0.2, 0.25) is 0 Å². The molecule has 0 saturated carbocycles. The molecular formula is C21H22O7. The number of Topliss-reactive ketones (excluding diaryl/α,β-unsaturated/α-hetero) is 1. The van der Waals surface area contributed by atoms with Crippen LogP contribution in [0.25, 0.3) is 6.08 Å². The van der Waals surface area contributed by atoms with Crippen LogP contribution in [0, 0.1) is 0 Å². The Morgan fingerprint density at radius 3 is 1.96 bits per heavy atom. The van der Waals surface area contributed by atoms with Gasteiger partial charge in [0.2, 0.25) is 5.75 Å². The van der Waals surface area contributed by atoms with Gasteiger partial charge in [-0.15, -0.1) is 0 Å². The monoisotopic (exact) mass is 386 g/mol. The van der Waals surface area contributed by atoms with E-state index in [9.17, 15) is 9.59 Å². The normalized spacial score (nSPS) is 10.4. The zero-order chi connectivity index (χ0) is 20.5. The molecule has 0 aliphatic rings. The van der Waals surface area contributed by atoms with Crippen LogP contribution in [-0.4, -0.2) is 46.8 Å². The van der Waals surface area contributed by atoms with Crippen LogP contribution >= 0.6 is 0 Å². The lowest BCUT2D eigenvalue weighted by atomic mass is 10.1. The molecule has 0 N–H and O–H groups in total. The number of ether oxygens (including phenoxy) is 5. The minimum Gasteiger partial charge on any atom is -0.497 e. The largest absolute Gasteiger partial charge is 0.497 e. The maximum atomic E-state index is 12.1. The summed E-state index contributed by atoms with van der Waals surface area (Å²) in [6.07, 6.45) is 2.76. The van der Waals surface area contributed by atoms with Crippen LogP contribution in [0.5, 0.6) is 23.0 Å². The minimum atomic E-state index is -0.643. The number of ketones is 1. The van der Waals surface area contributed by atoms with Crippen molar-refractivity contribution in [2.45, 2.75) is 0 Å². The lowest BCUT2D eigenvalue weighted by molar-refractivity contribution is -0.136. The first-order chi connectivity index (χ1) is 13.5. The van der Waals surface area contributed by atoms with Crippen molar-refractivity contribution in [2.75, 3.05) is 35.0 Å². The van der Waals surface area contributed by atoms with Gasteiger partial charge < -0.3 is 23.7 Å². The van der Waals surface area contributed by atoms with Crippen LogP contribution in [0.4, 0.5) is 0 Å². The summed E-state index contributed by atoms with van der Waals surface area (Å²) in [4.78, 5) is 24.0. The third-order valence-electron chi connectivity index (χ3n) is 3.86. The number of carbonyl (C=O) groups is 2. The van der Waals surface area contributed by atoms with E-state index >= 15 is 0 Å². The van der Waals surface area contributed by atoms with E-state index in [-0.39, 0.29) is 12.4 Å². The van der Waals surface area contributed by atoms with Gasteiger partial charge in [0.1, 0.15) is 5.75 Å². The Labute approximate surface area is 163 Å². The van der Waals surface area contributed by atoms with Crippen LogP contribution in [0.15, 0.2) is 42.5 Å². The summed E-state index contributed by atoms with van der Waals surface area (Å²) in [6.45, 7) is -0.356. The Balaban J connectivity index is 2.00. The molecule has 7 heteroatoms. The number of hydrogen-bond donors (Lipinski definition) is 0. The van der Waals surface area contributed by atoms with Crippen molar-refractivity contribution >= 4 is 17.8 Å². The number of hydrogen-bond acceptors (Lipinski definition) is 7. The fourth-order valence-electron chi connectivity index (χ4n) is 2.41. The highest BCUT2D eigenvalue weighted by Gasteiger charge is 2.13. The predicted octanol–water partition coefficient (Wildman–Crippen LogP) is 3.16. The summed E-state index contributed by atoms with van der Waals surface area (Å²) in [5, 5.41) is 0. The summed E-state index contributed by atoms with van der Waals surface area (Å²) in [6, 6.07) is 9.93. The number of carbonyl (C=O) groups excluding carboxylic acids is 2. The Morgan fingerprint density at radius 1 is 0.857 bits per heavy atom. The van der Waals surface area contributed by atoms with E-state index in [1.807, 2.05) is 0 Å². The minimum absolute atomic E-state index is 0.308. The maximum Gasteiger partial charge on any atom is 0.331 e. The predicted molar refractivity (Wildman–Crippen MR) is 103 cm³/mol. The first-order valence-electron chi connectivity index (χ1n) is 8.34. The van der Waals surface area contributed by atoms with Crippen LogP contribution in [0.1, 0.15) is 15.9 Å². The Bertz CT molecular complexity index is 829. The molecule has 0 heterocycles. The van der Waals surface area contributed by atoms with Crippen molar-refractivity contribution in [3.8, 4) is 23.0 Å². The van der Waals surface area contributed by atoms with Gasteiger partial charge in [-0.25, -0.2) is 4.79 Å². The number of benzene rings is 2. The number of methoxy groups -OCH3 is 4. The second-order valence-electron chi connectivity index (χ2n) is 5.55. The highest BCUT2D eigenvalue weighted by molar-refractivity contribution is 5.99. The van der Waals surface area contributed by atoms with Gasteiger partial charge in [0.25, 0.3) is 0 Å². The third-order valence-corrected chi connectivity index (χ3v) is 3.86. The fraction of sp³-hybridized carbons (Fsp3) is 0.238. The second kappa shape index (κ2) is 10.0. The quantitative estimate of drug-likeness (QED) is 0.372. The third kappa shape index (κ3) is 5.26.